The number of hydrogen-bond donors (Lipinski definition) is 2. The number of nitrogens with two attached hydrogens (primary N) is 1. The van der Waals surface area contributed by atoms with E-state index in [9.17, 15) is 4.39 Å². The van der Waals surface area contributed by atoms with Gasteiger partial charge in [0.15, 0.2) is 11.6 Å². The highest BCUT2D eigenvalue weighted by atomic mass is 35.5. The molecule has 0 amide bonds. The Morgan fingerprint density at radius 3 is 2.68 bits per heavy atom. The maximum Gasteiger partial charge on any atom is 0.184 e. The molecular formula is C14H12ClFN2O. The summed E-state index contributed by atoms with van der Waals surface area (Å²) in [5, 5.41) is 7.40. The monoisotopic (exact) mass is 278 g/mol. The Labute approximate surface area is 115 Å². The van der Waals surface area contributed by atoms with E-state index < -0.39 is 5.82 Å². The molecule has 0 spiro atoms. The molecule has 0 saturated carbocycles. The molecule has 0 radical (unpaired) electrons. The van der Waals surface area contributed by atoms with E-state index in [1.54, 1.807) is 31.2 Å². The largest absolute Gasteiger partial charge is 0.454 e. The lowest BCUT2D eigenvalue weighted by molar-refractivity contribution is 0.442. The Hall–Kier alpha value is -2.07. The topological polar surface area (TPSA) is 59.1 Å². The molecule has 0 aliphatic heterocycles. The second-order valence-electron chi connectivity index (χ2n) is 4.04. The Balaban J connectivity index is 2.32. The maximum atomic E-state index is 13.7. The Morgan fingerprint density at radius 1 is 1.32 bits per heavy atom. The van der Waals surface area contributed by atoms with Gasteiger partial charge >= 0.3 is 0 Å². The number of nitrogens with one attached hydrogen (secondary N) is 1. The highest BCUT2D eigenvalue weighted by Gasteiger charge is 2.09. The minimum absolute atomic E-state index is 0.00887. The van der Waals surface area contributed by atoms with Crippen molar-refractivity contribution in [1.29, 1.82) is 5.41 Å². The second-order valence-corrected chi connectivity index (χ2v) is 4.45. The van der Waals surface area contributed by atoms with Gasteiger partial charge in [-0.2, -0.15) is 0 Å². The summed E-state index contributed by atoms with van der Waals surface area (Å²) in [7, 11) is 0. The van der Waals surface area contributed by atoms with Crippen LogP contribution in [-0.2, 0) is 0 Å². The number of benzene rings is 2. The minimum atomic E-state index is -0.600. The summed E-state index contributed by atoms with van der Waals surface area (Å²) in [6, 6.07) is 9.54. The van der Waals surface area contributed by atoms with Crippen LogP contribution in [0.4, 0.5) is 4.39 Å². The van der Waals surface area contributed by atoms with E-state index in [0.29, 0.717) is 11.3 Å². The van der Waals surface area contributed by atoms with Crippen molar-refractivity contribution in [2.24, 2.45) is 5.73 Å². The zero-order valence-electron chi connectivity index (χ0n) is 10.2. The van der Waals surface area contributed by atoms with Crippen LogP contribution < -0.4 is 10.5 Å². The smallest absolute Gasteiger partial charge is 0.184 e. The van der Waals surface area contributed by atoms with Crippen LogP contribution in [0.3, 0.4) is 0 Å². The van der Waals surface area contributed by atoms with E-state index in [1.165, 1.54) is 12.1 Å². The number of halogens is 2. The van der Waals surface area contributed by atoms with Gasteiger partial charge in [-0.25, -0.2) is 4.39 Å². The van der Waals surface area contributed by atoms with Crippen LogP contribution in [0.25, 0.3) is 0 Å². The van der Waals surface area contributed by atoms with E-state index >= 15 is 0 Å². The van der Waals surface area contributed by atoms with E-state index in [1.807, 2.05) is 0 Å². The van der Waals surface area contributed by atoms with Gasteiger partial charge in [-0.05, 0) is 42.8 Å². The van der Waals surface area contributed by atoms with Crippen molar-refractivity contribution >= 4 is 17.4 Å². The van der Waals surface area contributed by atoms with Crippen molar-refractivity contribution in [1.82, 2.24) is 0 Å². The summed E-state index contributed by atoms with van der Waals surface area (Å²) in [6.07, 6.45) is 0. The molecule has 0 bridgehead atoms. The maximum absolute atomic E-state index is 13.7. The van der Waals surface area contributed by atoms with Crippen molar-refractivity contribution in [2.45, 2.75) is 6.92 Å². The summed E-state index contributed by atoms with van der Waals surface area (Å²) >= 11 is 5.68. The van der Waals surface area contributed by atoms with E-state index in [2.05, 4.69) is 0 Å². The van der Waals surface area contributed by atoms with Crippen LogP contribution in [0.15, 0.2) is 36.4 Å². The fourth-order valence-electron chi connectivity index (χ4n) is 1.69. The van der Waals surface area contributed by atoms with Gasteiger partial charge in [-0.1, -0.05) is 17.7 Å². The molecule has 0 heterocycles. The summed E-state index contributed by atoms with van der Waals surface area (Å²) < 4.78 is 19.1. The first kappa shape index (κ1) is 13.4. The van der Waals surface area contributed by atoms with Gasteiger partial charge < -0.3 is 10.5 Å². The van der Waals surface area contributed by atoms with Gasteiger partial charge in [0.1, 0.15) is 11.6 Å². The number of hydrogen-bond acceptors (Lipinski definition) is 2. The first-order valence-electron chi connectivity index (χ1n) is 5.56. The van der Waals surface area contributed by atoms with Crippen LogP contribution in [0.1, 0.15) is 11.1 Å². The zero-order chi connectivity index (χ0) is 14.0. The molecule has 98 valence electrons. The van der Waals surface area contributed by atoms with E-state index in [-0.39, 0.29) is 16.6 Å². The Bertz CT molecular complexity index is 643. The number of amidine groups is 1. The van der Waals surface area contributed by atoms with Crippen molar-refractivity contribution in [2.75, 3.05) is 0 Å². The van der Waals surface area contributed by atoms with Gasteiger partial charge in [0, 0.05) is 5.56 Å². The molecule has 5 heteroatoms. The first-order chi connectivity index (χ1) is 8.99. The van der Waals surface area contributed by atoms with Crippen molar-refractivity contribution in [3.05, 3.63) is 58.4 Å². The third kappa shape index (κ3) is 2.85. The molecule has 0 fully saturated rings. The molecule has 0 aromatic heterocycles. The standard InChI is InChI=1S/C14H12ClFN2O/c1-8-7-9(5-6-10(8)14(17)18)19-12-4-2-3-11(15)13(12)16/h2-7H,1H3,(H3,17,18). The first-order valence-corrected chi connectivity index (χ1v) is 5.93. The lowest BCUT2D eigenvalue weighted by atomic mass is 10.1. The molecular weight excluding hydrogens is 267 g/mol. The summed E-state index contributed by atoms with van der Waals surface area (Å²) in [5.74, 6) is -0.0957. The lowest BCUT2D eigenvalue weighted by Crippen LogP contribution is -2.12. The fraction of sp³-hybridized carbons (Fsp3) is 0.0714. The highest BCUT2D eigenvalue weighted by Crippen LogP contribution is 2.29. The molecule has 3 nitrogen and oxygen atoms in total. The molecule has 19 heavy (non-hydrogen) atoms. The summed E-state index contributed by atoms with van der Waals surface area (Å²) in [4.78, 5) is 0. The third-order valence-corrected chi connectivity index (χ3v) is 2.92. The summed E-state index contributed by atoms with van der Waals surface area (Å²) in [6.45, 7) is 1.80. The van der Waals surface area contributed by atoms with E-state index in [4.69, 9.17) is 27.5 Å². The van der Waals surface area contributed by atoms with Gasteiger partial charge in [0.05, 0.1) is 5.02 Å². The van der Waals surface area contributed by atoms with Crippen molar-refractivity contribution < 1.29 is 9.13 Å². The number of aryl methyl sites for hydroxylation is 1. The quantitative estimate of drug-likeness (QED) is 0.661. The fourth-order valence-corrected chi connectivity index (χ4v) is 1.86. The Morgan fingerprint density at radius 2 is 2.05 bits per heavy atom. The molecule has 0 unspecified atom stereocenters. The SMILES string of the molecule is Cc1cc(Oc2cccc(Cl)c2F)ccc1C(=N)N. The van der Waals surface area contributed by atoms with Crippen LogP contribution >= 0.6 is 11.6 Å². The van der Waals surface area contributed by atoms with Gasteiger partial charge in [0.2, 0.25) is 0 Å². The van der Waals surface area contributed by atoms with Crippen LogP contribution in [0.5, 0.6) is 11.5 Å². The molecule has 0 atom stereocenters. The van der Waals surface area contributed by atoms with Gasteiger partial charge in [-0.15, -0.1) is 0 Å². The van der Waals surface area contributed by atoms with Gasteiger partial charge in [-0.3, -0.25) is 5.41 Å². The molecule has 0 aliphatic carbocycles. The predicted octanol–water partition coefficient (Wildman–Crippen LogP) is 3.86. The normalized spacial score (nSPS) is 10.3. The van der Waals surface area contributed by atoms with E-state index in [0.717, 1.165) is 5.56 Å². The summed E-state index contributed by atoms with van der Waals surface area (Å²) in [5.41, 5.74) is 6.83. The number of ether oxygens (including phenoxy) is 1. The highest BCUT2D eigenvalue weighted by molar-refractivity contribution is 6.30. The van der Waals surface area contributed by atoms with Crippen LogP contribution in [0.2, 0.25) is 5.02 Å². The number of nitrogen functional groups attached to an aromatic ring is 1. The molecule has 3 N–H and O–H groups in total. The average molecular weight is 279 g/mol. The Kier molecular flexibility index (Phi) is 3.71. The molecule has 0 aliphatic rings. The van der Waals surface area contributed by atoms with Gasteiger partial charge in [0.25, 0.3) is 0 Å². The third-order valence-electron chi connectivity index (χ3n) is 2.63. The molecule has 0 saturated heterocycles. The average Bonchev–Trinajstić information content (AvgIpc) is 2.34. The predicted molar refractivity (Wildman–Crippen MR) is 73.7 cm³/mol. The molecule has 2 aromatic carbocycles. The van der Waals surface area contributed by atoms with Crippen LogP contribution in [-0.4, -0.2) is 5.84 Å². The lowest BCUT2D eigenvalue weighted by Gasteiger charge is -2.10. The molecule has 2 aromatic rings. The zero-order valence-corrected chi connectivity index (χ0v) is 11.0. The van der Waals surface area contributed by atoms with Crippen molar-refractivity contribution in [3.8, 4) is 11.5 Å². The van der Waals surface area contributed by atoms with Crippen LogP contribution in [0, 0.1) is 18.2 Å². The number of rotatable bonds is 3. The second kappa shape index (κ2) is 5.28. The molecule has 2 rings (SSSR count). The van der Waals surface area contributed by atoms with Crippen molar-refractivity contribution in [3.63, 3.8) is 0 Å². The minimum Gasteiger partial charge on any atom is -0.454 e.